The second kappa shape index (κ2) is 6.17. The zero-order chi connectivity index (χ0) is 9.52. The number of nitrogens with one attached hydrogen (secondary N) is 1. The fourth-order valence-electron chi connectivity index (χ4n) is 1.75. The molecular weight excluding hydrogens is 162 g/mol. The molecule has 2 nitrogen and oxygen atoms in total. The monoisotopic (exact) mass is 183 g/mol. The van der Waals surface area contributed by atoms with Crippen LogP contribution >= 0.6 is 0 Å². The van der Waals surface area contributed by atoms with Gasteiger partial charge in [0.05, 0.1) is 0 Å². The third-order valence-electron chi connectivity index (χ3n) is 2.77. The molecule has 0 spiro atoms. The van der Waals surface area contributed by atoms with Crippen molar-refractivity contribution in [3.63, 3.8) is 0 Å². The molecule has 0 bridgehead atoms. The van der Waals surface area contributed by atoms with Crippen molar-refractivity contribution in [1.29, 1.82) is 0 Å². The summed E-state index contributed by atoms with van der Waals surface area (Å²) in [6, 6.07) is 0.625. The van der Waals surface area contributed by atoms with E-state index in [1.807, 2.05) is 0 Å². The van der Waals surface area contributed by atoms with E-state index in [0.717, 1.165) is 25.7 Å². The Hall–Kier alpha value is -0.340. The van der Waals surface area contributed by atoms with Crippen LogP contribution in [0.3, 0.4) is 0 Å². The zero-order valence-electron chi connectivity index (χ0n) is 8.75. The van der Waals surface area contributed by atoms with Crippen molar-refractivity contribution in [3.8, 4) is 0 Å². The van der Waals surface area contributed by atoms with Crippen LogP contribution < -0.4 is 5.32 Å². The van der Waals surface area contributed by atoms with Crippen LogP contribution in [0.15, 0.2) is 12.2 Å². The number of rotatable bonds is 4. The summed E-state index contributed by atoms with van der Waals surface area (Å²) in [4.78, 5) is 0. The molecule has 1 saturated heterocycles. The maximum Gasteiger partial charge on any atom is 0.0469 e. The Labute approximate surface area is 81.4 Å². The molecule has 13 heavy (non-hydrogen) atoms. The second-order valence-electron chi connectivity index (χ2n) is 3.72. The fraction of sp³-hybridized carbons (Fsp3) is 0.818. The molecule has 1 N–H and O–H groups in total. The Balaban J connectivity index is 2.16. The molecule has 0 aliphatic carbocycles. The molecule has 0 radical (unpaired) electrons. The van der Waals surface area contributed by atoms with Gasteiger partial charge in [-0.1, -0.05) is 12.2 Å². The van der Waals surface area contributed by atoms with E-state index in [0.29, 0.717) is 6.04 Å². The first-order chi connectivity index (χ1) is 6.34. The molecule has 0 aromatic heterocycles. The predicted molar refractivity (Wildman–Crippen MR) is 55.8 cm³/mol. The summed E-state index contributed by atoms with van der Waals surface area (Å²) in [6.45, 7) is 7.22. The van der Waals surface area contributed by atoms with Gasteiger partial charge in [0.25, 0.3) is 0 Å². The maximum absolute atomic E-state index is 5.33. The predicted octanol–water partition coefficient (Wildman–Crippen LogP) is 1.97. The molecule has 0 aromatic carbocycles. The maximum atomic E-state index is 5.33. The number of hydrogen-bond acceptors (Lipinski definition) is 2. The van der Waals surface area contributed by atoms with Crippen molar-refractivity contribution in [2.24, 2.45) is 5.92 Å². The van der Waals surface area contributed by atoms with Crippen molar-refractivity contribution in [2.45, 2.75) is 32.7 Å². The quantitative estimate of drug-likeness (QED) is 0.673. The van der Waals surface area contributed by atoms with E-state index in [1.165, 1.54) is 12.8 Å². The first-order valence-electron chi connectivity index (χ1n) is 5.27. The van der Waals surface area contributed by atoms with E-state index in [1.54, 1.807) is 0 Å². The molecule has 0 aromatic rings. The molecule has 2 heteroatoms. The van der Waals surface area contributed by atoms with Crippen molar-refractivity contribution in [3.05, 3.63) is 12.2 Å². The van der Waals surface area contributed by atoms with E-state index in [-0.39, 0.29) is 0 Å². The lowest BCUT2D eigenvalue weighted by molar-refractivity contribution is 0.0564. The highest BCUT2D eigenvalue weighted by molar-refractivity contribution is 4.83. The molecule has 1 aliphatic heterocycles. The van der Waals surface area contributed by atoms with Crippen LogP contribution in [-0.4, -0.2) is 25.8 Å². The normalized spacial score (nSPS) is 22.3. The molecule has 1 rings (SSSR count). The van der Waals surface area contributed by atoms with Crippen molar-refractivity contribution >= 4 is 0 Å². The van der Waals surface area contributed by atoms with Gasteiger partial charge in [-0.15, -0.1) is 0 Å². The second-order valence-corrected chi connectivity index (χ2v) is 3.72. The number of allylic oxidation sites excluding steroid dienone is 1. The lowest BCUT2D eigenvalue weighted by atomic mass is 9.93. The van der Waals surface area contributed by atoms with Gasteiger partial charge in [0, 0.05) is 25.8 Å². The summed E-state index contributed by atoms with van der Waals surface area (Å²) in [5, 5.41) is 3.51. The van der Waals surface area contributed by atoms with Crippen molar-refractivity contribution in [2.75, 3.05) is 19.8 Å². The van der Waals surface area contributed by atoms with Gasteiger partial charge in [-0.2, -0.15) is 0 Å². The Morgan fingerprint density at radius 1 is 1.46 bits per heavy atom. The van der Waals surface area contributed by atoms with Crippen molar-refractivity contribution in [1.82, 2.24) is 5.32 Å². The summed E-state index contributed by atoms with van der Waals surface area (Å²) in [5.74, 6) is 0.805. The van der Waals surface area contributed by atoms with Gasteiger partial charge in [0.15, 0.2) is 0 Å². The third kappa shape index (κ3) is 3.92. The van der Waals surface area contributed by atoms with E-state index < -0.39 is 0 Å². The van der Waals surface area contributed by atoms with Crippen LogP contribution in [0, 0.1) is 5.92 Å². The lowest BCUT2D eigenvalue weighted by Gasteiger charge is -2.28. The lowest BCUT2D eigenvalue weighted by Crippen LogP contribution is -2.36. The van der Waals surface area contributed by atoms with E-state index in [2.05, 4.69) is 31.3 Å². The first kappa shape index (κ1) is 10.7. The van der Waals surface area contributed by atoms with Crippen molar-refractivity contribution < 1.29 is 4.74 Å². The van der Waals surface area contributed by atoms with Gasteiger partial charge in [0.2, 0.25) is 0 Å². The Kier molecular flexibility index (Phi) is 5.09. The van der Waals surface area contributed by atoms with E-state index >= 15 is 0 Å². The third-order valence-corrected chi connectivity index (χ3v) is 2.77. The van der Waals surface area contributed by atoms with Gasteiger partial charge >= 0.3 is 0 Å². The molecule has 1 heterocycles. The fourth-order valence-corrected chi connectivity index (χ4v) is 1.75. The summed E-state index contributed by atoms with van der Waals surface area (Å²) in [6.07, 6.45) is 6.67. The molecule has 76 valence electrons. The first-order valence-corrected chi connectivity index (χ1v) is 5.27. The largest absolute Gasteiger partial charge is 0.381 e. The van der Waals surface area contributed by atoms with Crippen LogP contribution in [0.2, 0.25) is 0 Å². The topological polar surface area (TPSA) is 21.3 Å². The van der Waals surface area contributed by atoms with Gasteiger partial charge in [-0.05, 0) is 32.6 Å². The summed E-state index contributed by atoms with van der Waals surface area (Å²) < 4.78 is 5.33. The summed E-state index contributed by atoms with van der Waals surface area (Å²) in [5.41, 5.74) is 0. The van der Waals surface area contributed by atoms with Crippen LogP contribution in [-0.2, 0) is 4.74 Å². The number of ether oxygens (including phenoxy) is 1. The molecule has 0 saturated carbocycles. The van der Waals surface area contributed by atoms with Gasteiger partial charge in [0.1, 0.15) is 0 Å². The van der Waals surface area contributed by atoms with Crippen LogP contribution in [0.5, 0.6) is 0 Å². The highest BCUT2D eigenvalue weighted by Crippen LogP contribution is 2.18. The SMILES string of the molecule is C/C=C/CNC(C)C1CCOCC1. The molecule has 1 atom stereocenters. The standard InChI is InChI=1S/C11H21NO/c1-3-4-7-12-10(2)11-5-8-13-9-6-11/h3-4,10-12H,5-9H2,1-2H3/b4-3+. The van der Waals surface area contributed by atoms with Crippen LogP contribution in [0.1, 0.15) is 26.7 Å². The smallest absolute Gasteiger partial charge is 0.0469 e. The van der Waals surface area contributed by atoms with Gasteiger partial charge < -0.3 is 10.1 Å². The molecule has 0 amide bonds. The minimum atomic E-state index is 0.625. The van der Waals surface area contributed by atoms with Crippen LogP contribution in [0.4, 0.5) is 0 Å². The average Bonchev–Trinajstić information content (AvgIpc) is 2.19. The minimum Gasteiger partial charge on any atom is -0.381 e. The Morgan fingerprint density at radius 3 is 2.77 bits per heavy atom. The number of hydrogen-bond donors (Lipinski definition) is 1. The van der Waals surface area contributed by atoms with Gasteiger partial charge in [-0.25, -0.2) is 0 Å². The highest BCUT2D eigenvalue weighted by Gasteiger charge is 2.19. The van der Waals surface area contributed by atoms with Crippen LogP contribution in [0.25, 0.3) is 0 Å². The Bertz CT molecular complexity index is 150. The molecule has 1 fully saturated rings. The molecule has 1 aliphatic rings. The zero-order valence-corrected chi connectivity index (χ0v) is 8.75. The van der Waals surface area contributed by atoms with E-state index in [4.69, 9.17) is 4.74 Å². The summed E-state index contributed by atoms with van der Waals surface area (Å²) >= 11 is 0. The Morgan fingerprint density at radius 2 is 2.15 bits per heavy atom. The highest BCUT2D eigenvalue weighted by atomic mass is 16.5. The summed E-state index contributed by atoms with van der Waals surface area (Å²) in [7, 11) is 0. The molecular formula is C11H21NO. The van der Waals surface area contributed by atoms with Gasteiger partial charge in [-0.3, -0.25) is 0 Å². The minimum absolute atomic E-state index is 0.625. The van der Waals surface area contributed by atoms with E-state index in [9.17, 15) is 0 Å². The molecule has 1 unspecified atom stereocenters. The average molecular weight is 183 g/mol.